The average molecular weight is 388 g/mol. The molecule has 27 heavy (non-hydrogen) atoms. The van der Waals surface area contributed by atoms with E-state index < -0.39 is 10.0 Å². The molecule has 3 rings (SSSR count). The first-order chi connectivity index (χ1) is 12.9. The number of anilines is 2. The zero-order chi connectivity index (χ0) is 19.4. The van der Waals surface area contributed by atoms with Gasteiger partial charge in [-0.25, -0.2) is 8.42 Å². The zero-order valence-electron chi connectivity index (χ0n) is 15.7. The fourth-order valence-corrected chi connectivity index (χ4v) is 4.11. The Kier molecular flexibility index (Phi) is 5.72. The van der Waals surface area contributed by atoms with Crippen molar-refractivity contribution >= 4 is 27.5 Å². The Bertz CT molecular complexity index is 903. The third kappa shape index (κ3) is 4.43. The van der Waals surface area contributed by atoms with Crippen molar-refractivity contribution in [1.82, 2.24) is 4.90 Å². The summed E-state index contributed by atoms with van der Waals surface area (Å²) in [4.78, 5) is 4.62. The fourth-order valence-electron chi connectivity index (χ4n) is 3.03. The van der Waals surface area contributed by atoms with Crippen molar-refractivity contribution in [2.75, 3.05) is 50.0 Å². The van der Waals surface area contributed by atoms with E-state index in [1.807, 2.05) is 12.1 Å². The minimum Gasteiger partial charge on any atom is -0.495 e. The summed E-state index contributed by atoms with van der Waals surface area (Å²) in [6.45, 7) is 7.20. The third-order valence-corrected chi connectivity index (χ3v) is 6.08. The Labute approximate surface area is 161 Å². The molecule has 0 unspecified atom stereocenters. The Morgan fingerprint density at radius 3 is 2.33 bits per heavy atom. The molecule has 0 bridgehead atoms. The number of nitrogens with one attached hydrogen (secondary N) is 1. The van der Waals surface area contributed by atoms with Gasteiger partial charge in [0.25, 0.3) is 10.0 Å². The van der Waals surface area contributed by atoms with Crippen molar-refractivity contribution in [2.24, 2.45) is 0 Å². The quantitative estimate of drug-likeness (QED) is 0.826. The van der Waals surface area contributed by atoms with E-state index in [-0.39, 0.29) is 4.90 Å². The van der Waals surface area contributed by atoms with E-state index in [1.54, 1.807) is 43.5 Å². The molecule has 1 fully saturated rings. The summed E-state index contributed by atoms with van der Waals surface area (Å²) in [5.74, 6) is 0.675. The van der Waals surface area contributed by atoms with Crippen LogP contribution in [0.2, 0.25) is 0 Å². The highest BCUT2D eigenvalue weighted by molar-refractivity contribution is 7.92. The lowest BCUT2D eigenvalue weighted by Crippen LogP contribution is -2.44. The molecule has 2 aromatic carbocycles. The minimum atomic E-state index is -3.70. The normalized spacial score (nSPS) is 15.4. The standard InChI is InChI=1S/C20H25N3O3S/c1-4-16-5-7-17(8-6-16)21-27(24,25)18-9-10-20(26-3)19(15-18)23-13-11-22(2)12-14-23/h4-10,15,21H,1,11-14H2,2-3H3. The van der Waals surface area contributed by atoms with Crippen LogP contribution in [0.1, 0.15) is 5.56 Å². The Morgan fingerprint density at radius 1 is 1.07 bits per heavy atom. The number of rotatable bonds is 6. The van der Waals surface area contributed by atoms with Crippen LogP contribution >= 0.6 is 0 Å². The van der Waals surface area contributed by atoms with Gasteiger partial charge in [-0.2, -0.15) is 0 Å². The predicted molar refractivity (Wildman–Crippen MR) is 110 cm³/mol. The first-order valence-corrected chi connectivity index (χ1v) is 10.3. The van der Waals surface area contributed by atoms with E-state index in [4.69, 9.17) is 4.74 Å². The summed E-state index contributed by atoms with van der Waals surface area (Å²) in [6, 6.07) is 12.0. The number of piperazine rings is 1. The molecule has 0 aromatic heterocycles. The van der Waals surface area contributed by atoms with Gasteiger partial charge in [0.1, 0.15) is 5.75 Å². The molecule has 0 amide bonds. The van der Waals surface area contributed by atoms with Crippen LogP contribution in [0.4, 0.5) is 11.4 Å². The van der Waals surface area contributed by atoms with Crippen LogP contribution in [-0.4, -0.2) is 53.7 Å². The molecule has 144 valence electrons. The number of ether oxygens (including phenoxy) is 1. The van der Waals surface area contributed by atoms with Gasteiger partial charge >= 0.3 is 0 Å². The lowest BCUT2D eigenvalue weighted by molar-refractivity contribution is 0.311. The largest absolute Gasteiger partial charge is 0.495 e. The molecule has 7 heteroatoms. The second-order valence-electron chi connectivity index (χ2n) is 6.56. The highest BCUT2D eigenvalue weighted by Gasteiger charge is 2.22. The Hall–Kier alpha value is -2.51. The molecule has 0 radical (unpaired) electrons. The van der Waals surface area contributed by atoms with Gasteiger partial charge in [-0.3, -0.25) is 4.72 Å². The molecule has 1 aliphatic heterocycles. The fraction of sp³-hybridized carbons (Fsp3) is 0.300. The average Bonchev–Trinajstić information content (AvgIpc) is 2.68. The van der Waals surface area contributed by atoms with E-state index in [0.29, 0.717) is 11.4 Å². The zero-order valence-corrected chi connectivity index (χ0v) is 16.5. The molecule has 0 saturated carbocycles. The molecule has 1 aliphatic rings. The van der Waals surface area contributed by atoms with Crippen molar-refractivity contribution in [1.29, 1.82) is 0 Å². The second kappa shape index (κ2) is 8.02. The van der Waals surface area contributed by atoms with E-state index >= 15 is 0 Å². The van der Waals surface area contributed by atoms with Crippen LogP contribution in [0.25, 0.3) is 6.08 Å². The first-order valence-electron chi connectivity index (χ1n) is 8.80. The van der Waals surface area contributed by atoms with Gasteiger partial charge in [-0.05, 0) is 42.9 Å². The summed E-state index contributed by atoms with van der Waals surface area (Å²) < 4.78 is 33.8. The Balaban J connectivity index is 1.88. The van der Waals surface area contributed by atoms with Crippen LogP contribution in [0, 0.1) is 0 Å². The van der Waals surface area contributed by atoms with Gasteiger partial charge in [0.2, 0.25) is 0 Å². The van der Waals surface area contributed by atoms with Crippen molar-refractivity contribution < 1.29 is 13.2 Å². The summed E-state index contributed by atoms with van der Waals surface area (Å²) in [6.07, 6.45) is 1.71. The number of sulfonamides is 1. The molecular weight excluding hydrogens is 362 g/mol. The van der Waals surface area contributed by atoms with E-state index in [9.17, 15) is 8.42 Å². The summed E-state index contributed by atoms with van der Waals surface area (Å²) in [5.41, 5.74) is 2.24. The highest BCUT2D eigenvalue weighted by Crippen LogP contribution is 2.32. The van der Waals surface area contributed by atoms with Crippen molar-refractivity contribution in [3.05, 3.63) is 54.6 Å². The smallest absolute Gasteiger partial charge is 0.261 e. The predicted octanol–water partition coefficient (Wildman–Crippen LogP) is 2.89. The molecule has 0 atom stereocenters. The maximum absolute atomic E-state index is 12.8. The van der Waals surface area contributed by atoms with Crippen molar-refractivity contribution in [3.63, 3.8) is 0 Å². The van der Waals surface area contributed by atoms with Gasteiger partial charge in [0.05, 0.1) is 17.7 Å². The Morgan fingerprint density at radius 2 is 1.74 bits per heavy atom. The van der Waals surface area contributed by atoms with Gasteiger partial charge in [-0.1, -0.05) is 24.8 Å². The topological polar surface area (TPSA) is 61.9 Å². The van der Waals surface area contributed by atoms with Gasteiger partial charge in [-0.15, -0.1) is 0 Å². The summed E-state index contributed by atoms with van der Waals surface area (Å²) in [7, 11) is -0.0182. The van der Waals surface area contributed by atoms with E-state index in [1.165, 1.54) is 0 Å². The van der Waals surface area contributed by atoms with E-state index in [0.717, 1.165) is 37.4 Å². The third-order valence-electron chi connectivity index (χ3n) is 4.70. The number of hydrogen-bond donors (Lipinski definition) is 1. The second-order valence-corrected chi connectivity index (χ2v) is 8.24. The highest BCUT2D eigenvalue weighted by atomic mass is 32.2. The molecule has 1 N–H and O–H groups in total. The van der Waals surface area contributed by atoms with Crippen molar-refractivity contribution in [2.45, 2.75) is 4.90 Å². The maximum Gasteiger partial charge on any atom is 0.261 e. The lowest BCUT2D eigenvalue weighted by atomic mass is 10.2. The minimum absolute atomic E-state index is 0.213. The van der Waals surface area contributed by atoms with Gasteiger partial charge < -0.3 is 14.5 Å². The van der Waals surface area contributed by atoms with Crippen molar-refractivity contribution in [3.8, 4) is 5.75 Å². The maximum atomic E-state index is 12.8. The molecule has 2 aromatic rings. The molecular formula is C20H25N3O3S. The number of hydrogen-bond acceptors (Lipinski definition) is 5. The van der Waals surface area contributed by atoms with Crippen LogP contribution in [-0.2, 0) is 10.0 Å². The SMILES string of the molecule is C=Cc1ccc(NS(=O)(=O)c2ccc(OC)c(N3CCN(C)CC3)c2)cc1. The molecule has 1 saturated heterocycles. The van der Waals surface area contributed by atoms with Gasteiger partial charge in [0, 0.05) is 31.9 Å². The monoisotopic (exact) mass is 387 g/mol. The molecule has 1 heterocycles. The first kappa shape index (κ1) is 19.3. The molecule has 0 spiro atoms. The van der Waals surface area contributed by atoms with E-state index in [2.05, 4.69) is 28.1 Å². The number of nitrogens with zero attached hydrogens (tertiary/aromatic N) is 2. The number of methoxy groups -OCH3 is 1. The van der Waals surface area contributed by atoms with Crippen LogP contribution in [0.15, 0.2) is 53.9 Å². The lowest BCUT2D eigenvalue weighted by Gasteiger charge is -2.34. The summed E-state index contributed by atoms with van der Waals surface area (Å²) >= 11 is 0. The van der Waals surface area contributed by atoms with Crippen LogP contribution in [0.5, 0.6) is 5.75 Å². The van der Waals surface area contributed by atoms with Crippen LogP contribution in [0.3, 0.4) is 0 Å². The number of likely N-dealkylation sites (N-methyl/N-ethyl adjacent to an activating group) is 1. The van der Waals surface area contributed by atoms with Crippen LogP contribution < -0.4 is 14.4 Å². The number of benzene rings is 2. The molecule has 6 nitrogen and oxygen atoms in total. The molecule has 0 aliphatic carbocycles. The summed E-state index contributed by atoms with van der Waals surface area (Å²) in [5, 5.41) is 0. The van der Waals surface area contributed by atoms with Gasteiger partial charge in [0.15, 0.2) is 0 Å².